The van der Waals surface area contributed by atoms with Gasteiger partial charge in [-0.05, 0) is 6.92 Å². The standard InChI is InChI=1S/C10H12F3N3O3/c1-2-18-9(17)7-6(19-10(11,12)13)3-5(4-14)16-8(7)15/h3H,2,4,14H2,1H3,(H2,15,16). The zero-order valence-corrected chi connectivity index (χ0v) is 9.95. The molecular formula is C10H12F3N3O3. The molecule has 0 atom stereocenters. The highest BCUT2D eigenvalue weighted by atomic mass is 19.4. The van der Waals surface area contributed by atoms with Crippen LogP contribution in [0.15, 0.2) is 6.07 Å². The zero-order chi connectivity index (χ0) is 14.6. The Morgan fingerprint density at radius 2 is 2.11 bits per heavy atom. The summed E-state index contributed by atoms with van der Waals surface area (Å²) >= 11 is 0. The van der Waals surface area contributed by atoms with Crippen LogP contribution in [0.3, 0.4) is 0 Å². The molecule has 0 radical (unpaired) electrons. The molecule has 106 valence electrons. The molecule has 1 heterocycles. The predicted molar refractivity (Wildman–Crippen MR) is 59.2 cm³/mol. The number of nitrogens with two attached hydrogens (primary N) is 2. The van der Waals surface area contributed by atoms with Crippen molar-refractivity contribution in [3.05, 3.63) is 17.3 Å². The van der Waals surface area contributed by atoms with E-state index in [9.17, 15) is 18.0 Å². The van der Waals surface area contributed by atoms with Gasteiger partial charge in [-0.3, -0.25) is 0 Å². The molecule has 0 bridgehead atoms. The molecule has 0 saturated heterocycles. The molecule has 0 unspecified atom stereocenters. The van der Waals surface area contributed by atoms with E-state index in [0.29, 0.717) is 0 Å². The third-order valence-electron chi connectivity index (χ3n) is 1.98. The van der Waals surface area contributed by atoms with Gasteiger partial charge in [-0.25, -0.2) is 9.78 Å². The van der Waals surface area contributed by atoms with E-state index in [-0.39, 0.29) is 18.8 Å². The second kappa shape index (κ2) is 5.74. The maximum absolute atomic E-state index is 12.3. The highest BCUT2D eigenvalue weighted by Gasteiger charge is 2.34. The van der Waals surface area contributed by atoms with Gasteiger partial charge >= 0.3 is 12.3 Å². The molecule has 0 aliphatic rings. The molecule has 0 aromatic carbocycles. The molecule has 0 fully saturated rings. The number of carbonyl (C=O) groups excluding carboxylic acids is 1. The molecule has 1 aromatic heterocycles. The zero-order valence-electron chi connectivity index (χ0n) is 9.95. The molecule has 0 amide bonds. The second-order valence-electron chi connectivity index (χ2n) is 3.34. The number of anilines is 1. The first kappa shape index (κ1) is 15.0. The van der Waals surface area contributed by atoms with E-state index in [1.165, 1.54) is 6.92 Å². The van der Waals surface area contributed by atoms with Crippen LogP contribution in [-0.2, 0) is 11.3 Å². The number of hydrogen-bond donors (Lipinski definition) is 2. The lowest BCUT2D eigenvalue weighted by Gasteiger charge is -2.14. The van der Waals surface area contributed by atoms with Crippen LogP contribution in [0.25, 0.3) is 0 Å². The first-order chi connectivity index (χ1) is 8.78. The Morgan fingerprint density at radius 1 is 1.47 bits per heavy atom. The van der Waals surface area contributed by atoms with Gasteiger partial charge in [-0.2, -0.15) is 0 Å². The maximum atomic E-state index is 12.3. The van der Waals surface area contributed by atoms with Gasteiger partial charge in [-0.1, -0.05) is 0 Å². The Morgan fingerprint density at radius 3 is 2.58 bits per heavy atom. The lowest BCUT2D eigenvalue weighted by atomic mass is 10.2. The summed E-state index contributed by atoms with van der Waals surface area (Å²) in [6, 6.07) is 0.899. The van der Waals surface area contributed by atoms with Crippen molar-refractivity contribution < 1.29 is 27.4 Å². The number of esters is 1. The van der Waals surface area contributed by atoms with Crippen molar-refractivity contribution in [1.29, 1.82) is 0 Å². The summed E-state index contributed by atoms with van der Waals surface area (Å²) in [5.74, 6) is -2.25. The fourth-order valence-electron chi connectivity index (χ4n) is 1.31. The Kier molecular flexibility index (Phi) is 4.54. The van der Waals surface area contributed by atoms with E-state index >= 15 is 0 Å². The maximum Gasteiger partial charge on any atom is 0.573 e. The summed E-state index contributed by atoms with van der Waals surface area (Å²) in [5.41, 5.74) is 10.2. The summed E-state index contributed by atoms with van der Waals surface area (Å²) in [6.07, 6.45) is -4.97. The van der Waals surface area contributed by atoms with E-state index in [4.69, 9.17) is 11.5 Å². The number of aromatic nitrogens is 1. The molecule has 1 rings (SSSR count). The molecule has 0 aliphatic heterocycles. The van der Waals surface area contributed by atoms with Gasteiger partial charge in [0.15, 0.2) is 0 Å². The smallest absolute Gasteiger partial charge is 0.462 e. The van der Waals surface area contributed by atoms with Crippen LogP contribution in [-0.4, -0.2) is 23.9 Å². The van der Waals surface area contributed by atoms with Crippen LogP contribution < -0.4 is 16.2 Å². The van der Waals surface area contributed by atoms with Crippen LogP contribution in [0.2, 0.25) is 0 Å². The molecule has 6 nitrogen and oxygen atoms in total. The third-order valence-corrected chi connectivity index (χ3v) is 1.98. The van der Waals surface area contributed by atoms with Gasteiger partial charge in [0, 0.05) is 12.6 Å². The minimum absolute atomic E-state index is 0.0254. The highest BCUT2D eigenvalue weighted by molar-refractivity contribution is 5.97. The predicted octanol–water partition coefficient (Wildman–Crippen LogP) is 1.20. The normalized spacial score (nSPS) is 11.2. The van der Waals surface area contributed by atoms with Gasteiger partial charge in [0.25, 0.3) is 0 Å². The Balaban J connectivity index is 3.29. The number of rotatable bonds is 4. The van der Waals surface area contributed by atoms with Crippen molar-refractivity contribution in [2.45, 2.75) is 19.8 Å². The van der Waals surface area contributed by atoms with Crippen LogP contribution in [0, 0.1) is 0 Å². The summed E-state index contributed by atoms with van der Waals surface area (Å²) < 4.78 is 45.2. The highest BCUT2D eigenvalue weighted by Crippen LogP contribution is 2.30. The summed E-state index contributed by atoms with van der Waals surface area (Å²) in [7, 11) is 0. The van der Waals surface area contributed by atoms with Gasteiger partial charge in [0.05, 0.1) is 12.3 Å². The monoisotopic (exact) mass is 279 g/mol. The lowest BCUT2D eigenvalue weighted by Crippen LogP contribution is -2.21. The van der Waals surface area contributed by atoms with Crippen molar-refractivity contribution >= 4 is 11.8 Å². The average molecular weight is 279 g/mol. The lowest BCUT2D eigenvalue weighted by molar-refractivity contribution is -0.274. The second-order valence-corrected chi connectivity index (χ2v) is 3.34. The minimum atomic E-state index is -4.97. The number of nitrogen functional groups attached to an aromatic ring is 1. The SMILES string of the molecule is CCOC(=O)c1c(OC(F)(F)F)cc(CN)nc1N. The number of alkyl halides is 3. The van der Waals surface area contributed by atoms with Crippen LogP contribution in [0.1, 0.15) is 23.0 Å². The first-order valence-electron chi connectivity index (χ1n) is 5.20. The van der Waals surface area contributed by atoms with Gasteiger partial charge in [-0.15, -0.1) is 13.2 Å². The number of halogens is 3. The summed E-state index contributed by atoms with van der Waals surface area (Å²) in [6.45, 7) is 1.32. The molecule has 4 N–H and O–H groups in total. The van der Waals surface area contributed by atoms with Crippen molar-refractivity contribution in [3.63, 3.8) is 0 Å². The van der Waals surface area contributed by atoms with Crippen LogP contribution >= 0.6 is 0 Å². The molecule has 9 heteroatoms. The topological polar surface area (TPSA) is 100 Å². The van der Waals surface area contributed by atoms with Gasteiger partial charge < -0.3 is 20.9 Å². The van der Waals surface area contributed by atoms with Gasteiger partial charge in [0.1, 0.15) is 17.1 Å². The van der Waals surface area contributed by atoms with Gasteiger partial charge in [0.2, 0.25) is 0 Å². The van der Waals surface area contributed by atoms with Crippen LogP contribution in [0.5, 0.6) is 5.75 Å². The Labute approximate surface area is 106 Å². The minimum Gasteiger partial charge on any atom is -0.462 e. The van der Waals surface area contributed by atoms with Crippen molar-refractivity contribution in [3.8, 4) is 5.75 Å². The fraction of sp³-hybridized carbons (Fsp3) is 0.400. The summed E-state index contributed by atoms with van der Waals surface area (Å²) in [4.78, 5) is 15.2. The van der Waals surface area contributed by atoms with E-state index in [2.05, 4.69) is 14.5 Å². The number of pyridine rings is 1. The van der Waals surface area contributed by atoms with Crippen molar-refractivity contribution in [2.75, 3.05) is 12.3 Å². The third kappa shape index (κ3) is 3.98. The molecular weight excluding hydrogens is 267 g/mol. The van der Waals surface area contributed by atoms with Crippen molar-refractivity contribution in [1.82, 2.24) is 4.98 Å². The van der Waals surface area contributed by atoms with E-state index < -0.39 is 29.5 Å². The molecule has 19 heavy (non-hydrogen) atoms. The quantitative estimate of drug-likeness (QED) is 0.803. The number of ether oxygens (including phenoxy) is 2. The largest absolute Gasteiger partial charge is 0.573 e. The van der Waals surface area contributed by atoms with E-state index in [1.54, 1.807) is 0 Å². The molecule has 1 aromatic rings. The summed E-state index contributed by atoms with van der Waals surface area (Å²) in [5, 5.41) is 0. The first-order valence-corrected chi connectivity index (χ1v) is 5.20. The number of nitrogens with zero attached hydrogens (tertiary/aromatic N) is 1. The number of carbonyl (C=O) groups is 1. The van der Waals surface area contributed by atoms with Crippen LogP contribution in [0.4, 0.5) is 19.0 Å². The Bertz CT molecular complexity index is 477. The van der Waals surface area contributed by atoms with E-state index in [1.807, 2.05) is 0 Å². The average Bonchev–Trinajstić information content (AvgIpc) is 2.26. The molecule has 0 saturated carbocycles. The van der Waals surface area contributed by atoms with E-state index in [0.717, 1.165) is 6.07 Å². The number of hydrogen-bond acceptors (Lipinski definition) is 6. The van der Waals surface area contributed by atoms with Crippen molar-refractivity contribution in [2.24, 2.45) is 5.73 Å². The fourth-order valence-corrected chi connectivity index (χ4v) is 1.31. The molecule has 0 spiro atoms. The molecule has 0 aliphatic carbocycles. The Hall–Kier alpha value is -2.03.